The van der Waals surface area contributed by atoms with Gasteiger partial charge in [-0.1, -0.05) is 36.4 Å². The highest BCUT2D eigenvalue weighted by molar-refractivity contribution is 5.91. The lowest BCUT2D eigenvalue weighted by molar-refractivity contribution is -0.116. The Hall–Kier alpha value is -3.51. The molecule has 3 aromatic rings. The predicted molar refractivity (Wildman–Crippen MR) is 118 cm³/mol. The van der Waals surface area contributed by atoms with Gasteiger partial charge in [0.2, 0.25) is 5.91 Å². The molecule has 0 aliphatic carbocycles. The Kier molecular flexibility index (Phi) is 8.31. The second-order valence-corrected chi connectivity index (χ2v) is 6.88. The number of carbonyl (C=O) groups excluding carboxylic acids is 1. The van der Waals surface area contributed by atoms with Gasteiger partial charge in [-0.3, -0.25) is 9.78 Å². The van der Waals surface area contributed by atoms with Gasteiger partial charge >= 0.3 is 0 Å². The van der Waals surface area contributed by atoms with Gasteiger partial charge in [0, 0.05) is 25.4 Å². The summed E-state index contributed by atoms with van der Waals surface area (Å²) in [6.07, 6.45) is 6.76. The van der Waals surface area contributed by atoms with E-state index in [1.54, 1.807) is 30.5 Å². The minimum Gasteiger partial charge on any atom is -0.453 e. The zero-order chi connectivity index (χ0) is 21.9. The molecule has 6 heteroatoms. The third kappa shape index (κ3) is 7.35. The van der Waals surface area contributed by atoms with Crippen LogP contribution in [0.3, 0.4) is 0 Å². The van der Waals surface area contributed by atoms with E-state index < -0.39 is 5.82 Å². The number of ether oxygens (including phenoxy) is 2. The normalized spacial score (nSPS) is 11.9. The Morgan fingerprint density at radius 3 is 2.74 bits per heavy atom. The van der Waals surface area contributed by atoms with Gasteiger partial charge in [-0.25, -0.2) is 4.39 Å². The summed E-state index contributed by atoms with van der Waals surface area (Å²) >= 11 is 0. The molecule has 2 aromatic carbocycles. The molecule has 0 saturated heterocycles. The maximum absolute atomic E-state index is 14.2. The standard InChI is InChI=1S/C25H25FN2O3/c1-19(21-7-3-2-4-8-21)30-16-6-15-28-25(29)13-11-20-10-12-24(23(26)17-20)31-22-9-5-14-27-18-22/h2-5,7-14,17-19H,6,15-16H2,1H3,(H,28,29)/b13-11+. The number of nitrogens with zero attached hydrogens (tertiary/aromatic N) is 1. The van der Waals surface area contributed by atoms with Crippen LogP contribution in [0.15, 0.2) is 79.1 Å². The van der Waals surface area contributed by atoms with Crippen molar-refractivity contribution in [2.45, 2.75) is 19.4 Å². The molecule has 1 atom stereocenters. The second-order valence-electron chi connectivity index (χ2n) is 6.88. The van der Waals surface area contributed by atoms with Crippen molar-refractivity contribution in [3.05, 3.63) is 96.1 Å². The molecule has 31 heavy (non-hydrogen) atoms. The van der Waals surface area contributed by atoms with E-state index in [1.807, 2.05) is 37.3 Å². The van der Waals surface area contributed by atoms with E-state index in [0.717, 1.165) is 5.56 Å². The van der Waals surface area contributed by atoms with Crippen LogP contribution < -0.4 is 10.1 Å². The number of carbonyl (C=O) groups is 1. The van der Waals surface area contributed by atoms with Gasteiger partial charge in [0.05, 0.1) is 12.3 Å². The average molecular weight is 420 g/mol. The Labute approximate surface area is 181 Å². The third-order valence-corrected chi connectivity index (χ3v) is 4.50. The molecule has 1 N–H and O–H groups in total. The van der Waals surface area contributed by atoms with Crippen LogP contribution in [-0.2, 0) is 9.53 Å². The minimum absolute atomic E-state index is 0.0109. The summed E-state index contributed by atoms with van der Waals surface area (Å²) in [6, 6.07) is 17.9. The summed E-state index contributed by atoms with van der Waals surface area (Å²) < 4.78 is 25.5. The van der Waals surface area contributed by atoms with Gasteiger partial charge in [0.1, 0.15) is 5.75 Å². The van der Waals surface area contributed by atoms with Crippen LogP contribution in [0.25, 0.3) is 6.08 Å². The lowest BCUT2D eigenvalue weighted by Gasteiger charge is -2.13. The number of rotatable bonds is 10. The highest BCUT2D eigenvalue weighted by Crippen LogP contribution is 2.24. The van der Waals surface area contributed by atoms with Gasteiger partial charge in [-0.15, -0.1) is 0 Å². The zero-order valence-corrected chi connectivity index (χ0v) is 17.3. The van der Waals surface area contributed by atoms with E-state index in [2.05, 4.69) is 10.3 Å². The fourth-order valence-corrected chi connectivity index (χ4v) is 2.83. The van der Waals surface area contributed by atoms with Crippen LogP contribution in [0.1, 0.15) is 30.6 Å². The predicted octanol–water partition coefficient (Wildman–Crippen LogP) is 5.31. The fraction of sp³-hybridized carbons (Fsp3) is 0.200. The Balaban J connectivity index is 1.39. The van der Waals surface area contributed by atoms with E-state index in [4.69, 9.17) is 9.47 Å². The summed E-state index contributed by atoms with van der Waals surface area (Å²) in [5.74, 6) is -0.214. The van der Waals surface area contributed by atoms with Crippen molar-refractivity contribution in [2.24, 2.45) is 0 Å². The van der Waals surface area contributed by atoms with E-state index in [0.29, 0.717) is 30.9 Å². The number of benzene rings is 2. The molecule has 0 bridgehead atoms. The van der Waals surface area contributed by atoms with Crippen LogP contribution in [0.4, 0.5) is 4.39 Å². The monoisotopic (exact) mass is 420 g/mol. The van der Waals surface area contributed by atoms with Crippen molar-refractivity contribution in [3.8, 4) is 11.5 Å². The van der Waals surface area contributed by atoms with E-state index in [9.17, 15) is 9.18 Å². The summed E-state index contributed by atoms with van der Waals surface area (Å²) in [7, 11) is 0. The minimum atomic E-state index is -0.518. The average Bonchev–Trinajstić information content (AvgIpc) is 2.80. The molecule has 160 valence electrons. The lowest BCUT2D eigenvalue weighted by Crippen LogP contribution is -2.23. The first-order valence-corrected chi connectivity index (χ1v) is 10.1. The molecule has 1 aromatic heterocycles. The lowest BCUT2D eigenvalue weighted by atomic mass is 10.1. The molecule has 0 fully saturated rings. The molecule has 0 aliphatic heterocycles. The number of nitrogens with one attached hydrogen (secondary N) is 1. The number of halogens is 1. The molecule has 0 spiro atoms. The van der Waals surface area contributed by atoms with Gasteiger partial charge in [0.25, 0.3) is 0 Å². The van der Waals surface area contributed by atoms with E-state index >= 15 is 0 Å². The van der Waals surface area contributed by atoms with Gasteiger partial charge in [-0.05, 0) is 54.8 Å². The Morgan fingerprint density at radius 1 is 1.16 bits per heavy atom. The number of hydrogen-bond acceptors (Lipinski definition) is 4. The third-order valence-electron chi connectivity index (χ3n) is 4.50. The maximum atomic E-state index is 14.2. The van der Waals surface area contributed by atoms with Crippen LogP contribution >= 0.6 is 0 Å². The summed E-state index contributed by atoms with van der Waals surface area (Å²) in [6.45, 7) is 3.05. The number of hydrogen-bond donors (Lipinski definition) is 1. The topological polar surface area (TPSA) is 60.5 Å². The van der Waals surface area contributed by atoms with Gasteiger partial charge in [0.15, 0.2) is 11.6 Å². The van der Waals surface area contributed by atoms with Crippen molar-refractivity contribution < 1.29 is 18.7 Å². The van der Waals surface area contributed by atoms with E-state index in [-0.39, 0.29) is 17.8 Å². The molecular formula is C25H25FN2O3. The van der Waals surface area contributed by atoms with Crippen molar-refractivity contribution in [1.82, 2.24) is 10.3 Å². The van der Waals surface area contributed by atoms with Crippen molar-refractivity contribution in [3.63, 3.8) is 0 Å². The summed E-state index contributed by atoms with van der Waals surface area (Å²) in [5, 5.41) is 2.79. The fourth-order valence-electron chi connectivity index (χ4n) is 2.83. The van der Waals surface area contributed by atoms with Crippen LogP contribution in [-0.4, -0.2) is 24.0 Å². The number of aromatic nitrogens is 1. The zero-order valence-electron chi connectivity index (χ0n) is 17.3. The number of amides is 1. The van der Waals surface area contributed by atoms with Gasteiger partial charge in [-0.2, -0.15) is 0 Å². The molecular weight excluding hydrogens is 395 g/mol. The molecule has 1 heterocycles. The van der Waals surface area contributed by atoms with Crippen molar-refractivity contribution >= 4 is 12.0 Å². The Morgan fingerprint density at radius 2 is 2.00 bits per heavy atom. The van der Waals surface area contributed by atoms with Crippen LogP contribution in [0.5, 0.6) is 11.5 Å². The molecule has 1 unspecified atom stereocenters. The smallest absolute Gasteiger partial charge is 0.244 e. The number of pyridine rings is 1. The van der Waals surface area contributed by atoms with Crippen LogP contribution in [0.2, 0.25) is 0 Å². The van der Waals surface area contributed by atoms with E-state index in [1.165, 1.54) is 24.4 Å². The molecule has 1 amide bonds. The van der Waals surface area contributed by atoms with Crippen LogP contribution in [0, 0.1) is 5.82 Å². The largest absolute Gasteiger partial charge is 0.453 e. The highest BCUT2D eigenvalue weighted by Gasteiger charge is 2.06. The molecule has 5 nitrogen and oxygen atoms in total. The summed E-state index contributed by atoms with van der Waals surface area (Å²) in [4.78, 5) is 15.9. The van der Waals surface area contributed by atoms with Crippen molar-refractivity contribution in [2.75, 3.05) is 13.2 Å². The first kappa shape index (κ1) is 22.2. The summed E-state index contributed by atoms with van der Waals surface area (Å²) in [5.41, 5.74) is 1.68. The Bertz CT molecular complexity index is 994. The molecule has 3 rings (SSSR count). The van der Waals surface area contributed by atoms with Gasteiger partial charge < -0.3 is 14.8 Å². The second kappa shape index (κ2) is 11.6. The first-order valence-electron chi connectivity index (χ1n) is 10.1. The molecule has 0 aliphatic rings. The first-order chi connectivity index (χ1) is 15.1. The highest BCUT2D eigenvalue weighted by atomic mass is 19.1. The maximum Gasteiger partial charge on any atom is 0.244 e. The van der Waals surface area contributed by atoms with Crippen molar-refractivity contribution in [1.29, 1.82) is 0 Å². The SMILES string of the molecule is CC(OCCCNC(=O)/C=C/c1ccc(Oc2cccnc2)c(F)c1)c1ccccc1. The molecule has 0 saturated carbocycles. The molecule has 0 radical (unpaired) electrons. The quantitative estimate of drug-likeness (QED) is 0.357.